The lowest BCUT2D eigenvalue weighted by Crippen LogP contribution is -2.59. The summed E-state index contributed by atoms with van der Waals surface area (Å²) in [6.45, 7) is 4.44. The van der Waals surface area contributed by atoms with Crippen LogP contribution in [0.15, 0.2) is 18.2 Å². The SMILES string of the molecule is O=C(Cc1ccc2c(c1)CCC2)NCC1(N2CCOCC2)CCCCC1. The maximum atomic E-state index is 12.6. The van der Waals surface area contributed by atoms with Crippen molar-refractivity contribution in [3.8, 4) is 0 Å². The zero-order valence-electron chi connectivity index (χ0n) is 15.9. The predicted molar refractivity (Wildman–Crippen MR) is 103 cm³/mol. The first-order valence-corrected chi connectivity index (χ1v) is 10.5. The summed E-state index contributed by atoms with van der Waals surface area (Å²) in [7, 11) is 0. The average molecular weight is 357 g/mol. The molecule has 1 N–H and O–H groups in total. The van der Waals surface area contributed by atoms with Gasteiger partial charge in [-0.3, -0.25) is 9.69 Å². The Balaban J connectivity index is 1.36. The second-order valence-electron chi connectivity index (χ2n) is 8.29. The molecule has 3 aliphatic rings. The summed E-state index contributed by atoms with van der Waals surface area (Å²) >= 11 is 0. The van der Waals surface area contributed by atoms with Crippen molar-refractivity contribution in [2.75, 3.05) is 32.8 Å². The molecule has 0 spiro atoms. The average Bonchev–Trinajstić information content (AvgIpc) is 3.16. The second kappa shape index (κ2) is 8.10. The molecule has 1 aromatic carbocycles. The molecule has 0 aromatic heterocycles. The molecule has 1 heterocycles. The Labute approximate surface area is 157 Å². The number of rotatable bonds is 5. The quantitative estimate of drug-likeness (QED) is 0.882. The van der Waals surface area contributed by atoms with Gasteiger partial charge >= 0.3 is 0 Å². The van der Waals surface area contributed by atoms with Gasteiger partial charge in [0.2, 0.25) is 5.91 Å². The van der Waals surface area contributed by atoms with Crippen LogP contribution in [0, 0.1) is 0 Å². The Hall–Kier alpha value is -1.39. The molecule has 1 saturated heterocycles. The van der Waals surface area contributed by atoms with Crippen molar-refractivity contribution >= 4 is 5.91 Å². The summed E-state index contributed by atoms with van der Waals surface area (Å²) in [4.78, 5) is 15.2. The van der Waals surface area contributed by atoms with Crippen molar-refractivity contribution in [3.63, 3.8) is 0 Å². The van der Waals surface area contributed by atoms with Crippen LogP contribution in [0.25, 0.3) is 0 Å². The molecule has 0 unspecified atom stereocenters. The minimum atomic E-state index is 0.148. The lowest BCUT2D eigenvalue weighted by atomic mass is 9.79. The molecule has 1 aromatic rings. The molecule has 2 aliphatic carbocycles. The first-order valence-electron chi connectivity index (χ1n) is 10.5. The van der Waals surface area contributed by atoms with E-state index in [4.69, 9.17) is 4.74 Å². The van der Waals surface area contributed by atoms with E-state index in [1.54, 1.807) is 0 Å². The fourth-order valence-electron chi connectivity index (χ4n) is 5.10. The Bertz CT molecular complexity index is 631. The lowest BCUT2D eigenvalue weighted by molar-refractivity contribution is -0.121. The Kier molecular flexibility index (Phi) is 5.60. The highest BCUT2D eigenvalue weighted by Gasteiger charge is 2.38. The van der Waals surface area contributed by atoms with E-state index >= 15 is 0 Å². The molecule has 1 aliphatic heterocycles. The van der Waals surface area contributed by atoms with E-state index in [2.05, 4.69) is 28.4 Å². The molecular weight excluding hydrogens is 324 g/mol. The molecule has 2 fully saturated rings. The van der Waals surface area contributed by atoms with Gasteiger partial charge in [0.15, 0.2) is 0 Å². The largest absolute Gasteiger partial charge is 0.379 e. The standard InChI is InChI=1S/C22H32N2O2/c25-21(16-18-7-8-19-5-4-6-20(19)15-18)23-17-22(9-2-1-3-10-22)24-11-13-26-14-12-24/h7-8,15H,1-6,9-14,16-17H2,(H,23,25). The van der Waals surface area contributed by atoms with E-state index in [9.17, 15) is 4.79 Å². The van der Waals surface area contributed by atoms with Gasteiger partial charge < -0.3 is 10.1 Å². The minimum absolute atomic E-state index is 0.148. The van der Waals surface area contributed by atoms with Gasteiger partial charge in [0.1, 0.15) is 0 Å². The Morgan fingerprint density at radius 3 is 2.62 bits per heavy atom. The highest BCUT2D eigenvalue weighted by atomic mass is 16.5. The number of nitrogens with one attached hydrogen (secondary N) is 1. The molecule has 4 rings (SSSR count). The third kappa shape index (κ3) is 3.96. The molecule has 26 heavy (non-hydrogen) atoms. The van der Waals surface area contributed by atoms with Crippen LogP contribution in [0.1, 0.15) is 55.2 Å². The summed E-state index contributed by atoms with van der Waals surface area (Å²) in [6, 6.07) is 6.61. The van der Waals surface area contributed by atoms with Gasteiger partial charge in [-0.2, -0.15) is 0 Å². The molecule has 0 atom stereocenters. The van der Waals surface area contributed by atoms with Gasteiger partial charge in [0, 0.05) is 25.2 Å². The number of morpholine rings is 1. The number of benzene rings is 1. The van der Waals surface area contributed by atoms with E-state index in [0.29, 0.717) is 6.42 Å². The van der Waals surface area contributed by atoms with E-state index in [1.807, 2.05) is 0 Å². The fourth-order valence-corrected chi connectivity index (χ4v) is 5.10. The molecule has 4 heteroatoms. The topological polar surface area (TPSA) is 41.6 Å². The van der Waals surface area contributed by atoms with E-state index < -0.39 is 0 Å². The molecule has 4 nitrogen and oxygen atoms in total. The molecule has 1 amide bonds. The third-order valence-corrected chi connectivity index (χ3v) is 6.61. The first-order chi connectivity index (χ1) is 12.8. The fraction of sp³-hybridized carbons (Fsp3) is 0.682. The zero-order chi connectivity index (χ0) is 17.8. The van der Waals surface area contributed by atoms with Gasteiger partial charge in [-0.1, -0.05) is 37.5 Å². The van der Waals surface area contributed by atoms with Crippen LogP contribution < -0.4 is 5.32 Å². The van der Waals surface area contributed by atoms with Crippen molar-refractivity contribution in [3.05, 3.63) is 34.9 Å². The number of amides is 1. The number of aryl methyl sites for hydroxylation is 2. The Morgan fingerprint density at radius 1 is 1.04 bits per heavy atom. The first kappa shape index (κ1) is 18.0. The summed E-state index contributed by atoms with van der Waals surface area (Å²) in [5.74, 6) is 0.168. The van der Waals surface area contributed by atoms with Crippen LogP contribution in [-0.2, 0) is 28.8 Å². The number of carbonyl (C=O) groups excluding carboxylic acids is 1. The zero-order valence-corrected chi connectivity index (χ0v) is 15.9. The number of nitrogens with zero attached hydrogens (tertiary/aromatic N) is 1. The van der Waals surface area contributed by atoms with Gasteiger partial charge in [0.25, 0.3) is 0 Å². The van der Waals surface area contributed by atoms with Crippen LogP contribution in [0.3, 0.4) is 0 Å². The highest BCUT2D eigenvalue weighted by molar-refractivity contribution is 5.78. The number of hydrogen-bond acceptors (Lipinski definition) is 3. The van der Waals surface area contributed by atoms with Crippen molar-refractivity contribution in [2.45, 2.75) is 63.3 Å². The van der Waals surface area contributed by atoms with Crippen LogP contribution in [0.2, 0.25) is 0 Å². The lowest BCUT2D eigenvalue weighted by Gasteiger charge is -2.48. The summed E-state index contributed by atoms with van der Waals surface area (Å²) in [5.41, 5.74) is 4.23. The normalized spacial score (nSPS) is 22.8. The van der Waals surface area contributed by atoms with Gasteiger partial charge in [-0.25, -0.2) is 0 Å². The monoisotopic (exact) mass is 356 g/mol. The smallest absolute Gasteiger partial charge is 0.224 e. The maximum Gasteiger partial charge on any atom is 0.224 e. The number of ether oxygens (including phenoxy) is 1. The van der Waals surface area contributed by atoms with Crippen LogP contribution in [0.5, 0.6) is 0 Å². The molecule has 0 radical (unpaired) electrons. The molecule has 0 bridgehead atoms. The number of hydrogen-bond donors (Lipinski definition) is 1. The maximum absolute atomic E-state index is 12.6. The van der Waals surface area contributed by atoms with Crippen LogP contribution in [-0.4, -0.2) is 49.2 Å². The predicted octanol–water partition coefficient (Wildman–Crippen LogP) is 2.87. The summed E-state index contributed by atoms with van der Waals surface area (Å²) < 4.78 is 5.55. The van der Waals surface area contributed by atoms with Gasteiger partial charge in [0.05, 0.1) is 19.6 Å². The van der Waals surface area contributed by atoms with Crippen molar-refractivity contribution in [2.24, 2.45) is 0 Å². The van der Waals surface area contributed by atoms with Crippen molar-refractivity contribution in [1.29, 1.82) is 0 Å². The van der Waals surface area contributed by atoms with Crippen LogP contribution >= 0.6 is 0 Å². The van der Waals surface area contributed by atoms with E-state index in [-0.39, 0.29) is 11.4 Å². The van der Waals surface area contributed by atoms with Crippen molar-refractivity contribution in [1.82, 2.24) is 10.2 Å². The molecule has 142 valence electrons. The van der Waals surface area contributed by atoms with E-state index in [1.165, 1.54) is 62.5 Å². The van der Waals surface area contributed by atoms with Gasteiger partial charge in [-0.05, 0) is 48.8 Å². The second-order valence-corrected chi connectivity index (χ2v) is 8.29. The summed E-state index contributed by atoms with van der Waals surface area (Å²) in [6.07, 6.45) is 10.4. The third-order valence-electron chi connectivity index (χ3n) is 6.61. The number of fused-ring (bicyclic) bond motifs is 1. The van der Waals surface area contributed by atoms with E-state index in [0.717, 1.165) is 38.4 Å². The molecular formula is C22H32N2O2. The molecule has 1 saturated carbocycles. The minimum Gasteiger partial charge on any atom is -0.379 e. The highest BCUT2D eigenvalue weighted by Crippen LogP contribution is 2.34. The Morgan fingerprint density at radius 2 is 1.81 bits per heavy atom. The number of carbonyl (C=O) groups is 1. The van der Waals surface area contributed by atoms with Crippen molar-refractivity contribution < 1.29 is 9.53 Å². The summed E-state index contributed by atoms with van der Waals surface area (Å²) in [5, 5.41) is 3.29. The van der Waals surface area contributed by atoms with Crippen LogP contribution in [0.4, 0.5) is 0 Å². The van der Waals surface area contributed by atoms with Gasteiger partial charge in [-0.15, -0.1) is 0 Å².